The lowest BCUT2D eigenvalue weighted by atomic mass is 9.92. The molecule has 0 radical (unpaired) electrons. The van der Waals surface area contributed by atoms with E-state index >= 15 is 0 Å². The number of hydrogen-bond donors (Lipinski definition) is 1. The number of nitriles is 2. The average molecular weight is 513 g/mol. The lowest BCUT2D eigenvalue weighted by Gasteiger charge is -2.30. The van der Waals surface area contributed by atoms with Crippen LogP contribution in [0.2, 0.25) is 0 Å². The van der Waals surface area contributed by atoms with Gasteiger partial charge in [-0.15, -0.1) is 0 Å². The lowest BCUT2D eigenvalue weighted by molar-refractivity contribution is 0.323. The molecule has 3 heterocycles. The molecule has 1 aromatic carbocycles. The summed E-state index contributed by atoms with van der Waals surface area (Å²) >= 11 is 0. The number of aromatic nitrogens is 3. The van der Waals surface area contributed by atoms with Gasteiger partial charge in [0.2, 0.25) is 15.9 Å². The van der Waals surface area contributed by atoms with Crippen LogP contribution in [0.5, 0.6) is 11.6 Å². The molecule has 5 rings (SSSR count). The van der Waals surface area contributed by atoms with Crippen molar-refractivity contribution in [2.75, 3.05) is 10.5 Å². The van der Waals surface area contributed by atoms with Crippen LogP contribution < -0.4 is 9.46 Å². The summed E-state index contributed by atoms with van der Waals surface area (Å²) < 4.78 is 34.9. The van der Waals surface area contributed by atoms with Crippen LogP contribution >= 0.6 is 0 Å². The smallest absolute Gasteiger partial charge is 0.237 e. The molecule has 37 heavy (non-hydrogen) atoms. The van der Waals surface area contributed by atoms with Crippen molar-refractivity contribution in [1.29, 1.82) is 10.5 Å². The molecule has 0 saturated heterocycles. The number of nitrogens with zero attached hydrogens (tertiary/aromatic N) is 5. The van der Waals surface area contributed by atoms with Crippen LogP contribution in [0, 0.1) is 22.7 Å². The van der Waals surface area contributed by atoms with Crippen molar-refractivity contribution in [2.45, 2.75) is 38.6 Å². The first-order valence-corrected chi connectivity index (χ1v) is 13.7. The second-order valence-corrected chi connectivity index (χ2v) is 10.7. The van der Waals surface area contributed by atoms with Crippen molar-refractivity contribution in [3.8, 4) is 35.2 Å². The highest BCUT2D eigenvalue weighted by Crippen LogP contribution is 2.43. The van der Waals surface area contributed by atoms with Gasteiger partial charge in [0.1, 0.15) is 23.5 Å². The molecule has 0 spiro atoms. The summed E-state index contributed by atoms with van der Waals surface area (Å²) in [5.74, 6) is 0.752. The maximum Gasteiger partial charge on any atom is 0.237 e. The van der Waals surface area contributed by atoms with Crippen LogP contribution in [0.1, 0.15) is 49.8 Å². The number of rotatable bonds is 8. The van der Waals surface area contributed by atoms with E-state index in [0.717, 1.165) is 30.2 Å². The van der Waals surface area contributed by atoms with Crippen molar-refractivity contribution in [3.05, 3.63) is 66.0 Å². The second-order valence-electron chi connectivity index (χ2n) is 8.89. The minimum atomic E-state index is -3.43. The number of nitrogens with one attached hydrogen (secondary N) is 1. The first-order chi connectivity index (χ1) is 17.9. The predicted molar refractivity (Wildman–Crippen MR) is 139 cm³/mol. The van der Waals surface area contributed by atoms with E-state index in [1.165, 1.54) is 6.20 Å². The fourth-order valence-corrected chi connectivity index (χ4v) is 5.62. The summed E-state index contributed by atoms with van der Waals surface area (Å²) in [5, 5.41) is 20.3. The first kappa shape index (κ1) is 24.3. The van der Waals surface area contributed by atoms with E-state index in [0.29, 0.717) is 40.4 Å². The standard InChI is InChI=1S/C27H24N6O3S/c1-2-13-37(34,35)32-19-8-11-24(31-17-19)26-23(16-29)22-10-9-21(14-25(22)33(26)20-6-3-7-20)36-27-18(15-28)5-4-12-30-27/h4-5,8-12,14,17,20,32H,2-3,6-7,13H2,1H3. The molecule has 186 valence electrons. The maximum atomic E-state index is 12.1. The Kier molecular flexibility index (Phi) is 6.51. The van der Waals surface area contributed by atoms with Crippen molar-refractivity contribution in [3.63, 3.8) is 0 Å². The Morgan fingerprint density at radius 1 is 1.14 bits per heavy atom. The zero-order valence-corrected chi connectivity index (χ0v) is 21.0. The third-order valence-corrected chi connectivity index (χ3v) is 7.88. The van der Waals surface area contributed by atoms with Gasteiger partial charge in [0, 0.05) is 23.7 Å². The zero-order valence-electron chi connectivity index (χ0n) is 20.2. The SMILES string of the molecule is CCCS(=O)(=O)Nc1ccc(-c2c(C#N)c3ccc(Oc4ncccc4C#N)cc3n2C2CCC2)nc1. The van der Waals surface area contributed by atoms with Gasteiger partial charge < -0.3 is 9.30 Å². The summed E-state index contributed by atoms with van der Waals surface area (Å²) in [5.41, 5.74) is 3.30. The zero-order chi connectivity index (χ0) is 26.0. The van der Waals surface area contributed by atoms with E-state index in [4.69, 9.17) is 4.74 Å². The molecule has 1 N–H and O–H groups in total. The molecule has 1 saturated carbocycles. The van der Waals surface area contributed by atoms with Crippen molar-refractivity contribution in [1.82, 2.24) is 14.5 Å². The Hall–Kier alpha value is -4.41. The van der Waals surface area contributed by atoms with E-state index in [1.807, 2.05) is 12.1 Å². The highest BCUT2D eigenvalue weighted by atomic mass is 32.2. The molecule has 0 amide bonds. The molecule has 1 aliphatic rings. The molecular formula is C27H24N6O3S. The van der Waals surface area contributed by atoms with E-state index in [2.05, 4.69) is 31.4 Å². The highest BCUT2D eigenvalue weighted by molar-refractivity contribution is 7.92. The normalized spacial score (nSPS) is 13.5. The van der Waals surface area contributed by atoms with Gasteiger partial charge in [-0.1, -0.05) is 6.92 Å². The minimum Gasteiger partial charge on any atom is -0.438 e. The predicted octanol–water partition coefficient (Wildman–Crippen LogP) is 5.51. The van der Waals surface area contributed by atoms with Gasteiger partial charge in [0.25, 0.3) is 0 Å². The Morgan fingerprint density at radius 3 is 2.62 bits per heavy atom. The summed E-state index contributed by atoms with van der Waals surface area (Å²) in [6.07, 6.45) is 6.59. The minimum absolute atomic E-state index is 0.0298. The van der Waals surface area contributed by atoms with Crippen LogP contribution in [0.3, 0.4) is 0 Å². The van der Waals surface area contributed by atoms with Gasteiger partial charge in [-0.05, 0) is 62.1 Å². The van der Waals surface area contributed by atoms with Crippen LogP contribution in [0.15, 0.2) is 54.9 Å². The summed E-state index contributed by atoms with van der Waals surface area (Å²) in [7, 11) is -3.43. The maximum absolute atomic E-state index is 12.1. The monoisotopic (exact) mass is 512 g/mol. The number of anilines is 1. The Labute approximate surface area is 215 Å². The largest absolute Gasteiger partial charge is 0.438 e. The van der Waals surface area contributed by atoms with Crippen LogP contribution in [-0.2, 0) is 10.0 Å². The quantitative estimate of drug-likeness (QED) is 0.329. The number of pyridine rings is 2. The van der Waals surface area contributed by atoms with Crippen molar-refractivity contribution < 1.29 is 13.2 Å². The molecule has 1 fully saturated rings. The van der Waals surface area contributed by atoms with Gasteiger partial charge in [-0.3, -0.25) is 9.71 Å². The topological polar surface area (TPSA) is 134 Å². The molecular weight excluding hydrogens is 488 g/mol. The molecule has 10 heteroatoms. The van der Waals surface area contributed by atoms with Gasteiger partial charge in [0.15, 0.2) is 0 Å². The fourth-order valence-electron chi connectivity index (χ4n) is 4.51. The Balaban J connectivity index is 1.59. The summed E-state index contributed by atoms with van der Waals surface area (Å²) in [6.45, 7) is 1.80. The van der Waals surface area contributed by atoms with Crippen molar-refractivity contribution >= 4 is 26.6 Å². The molecule has 3 aromatic heterocycles. The van der Waals surface area contributed by atoms with Crippen molar-refractivity contribution in [2.24, 2.45) is 0 Å². The molecule has 9 nitrogen and oxygen atoms in total. The number of sulfonamides is 1. The molecule has 4 aromatic rings. The van der Waals surface area contributed by atoms with Gasteiger partial charge >= 0.3 is 0 Å². The summed E-state index contributed by atoms with van der Waals surface area (Å²) in [4.78, 5) is 8.71. The first-order valence-electron chi connectivity index (χ1n) is 12.0. The molecule has 0 unspecified atom stereocenters. The van der Waals surface area contributed by atoms with E-state index in [1.54, 1.807) is 43.5 Å². The molecule has 0 bridgehead atoms. The number of ether oxygens (including phenoxy) is 1. The summed E-state index contributed by atoms with van der Waals surface area (Å²) in [6, 6.07) is 16.8. The number of hydrogen-bond acceptors (Lipinski definition) is 7. The van der Waals surface area contributed by atoms with E-state index in [9.17, 15) is 18.9 Å². The van der Waals surface area contributed by atoms with Crippen LogP contribution in [0.25, 0.3) is 22.3 Å². The van der Waals surface area contributed by atoms with E-state index < -0.39 is 10.0 Å². The van der Waals surface area contributed by atoms with Gasteiger partial charge in [-0.25, -0.2) is 13.4 Å². The number of fused-ring (bicyclic) bond motifs is 1. The average Bonchev–Trinajstić information content (AvgIpc) is 3.16. The Morgan fingerprint density at radius 2 is 1.97 bits per heavy atom. The van der Waals surface area contributed by atoms with Gasteiger partial charge in [-0.2, -0.15) is 10.5 Å². The van der Waals surface area contributed by atoms with E-state index in [-0.39, 0.29) is 17.7 Å². The van der Waals surface area contributed by atoms with Crippen LogP contribution in [-0.4, -0.2) is 28.7 Å². The van der Waals surface area contributed by atoms with Gasteiger partial charge in [0.05, 0.1) is 40.1 Å². The Bertz CT molecular complexity index is 1660. The van der Waals surface area contributed by atoms with Crippen LogP contribution in [0.4, 0.5) is 5.69 Å². The highest BCUT2D eigenvalue weighted by Gasteiger charge is 2.28. The number of benzene rings is 1. The molecule has 1 aliphatic carbocycles. The molecule has 0 aliphatic heterocycles. The fraction of sp³-hybridized carbons (Fsp3) is 0.259. The molecule has 0 atom stereocenters. The third kappa shape index (κ3) is 4.72. The third-order valence-electron chi connectivity index (χ3n) is 6.39. The lowest BCUT2D eigenvalue weighted by Crippen LogP contribution is -2.18. The second kappa shape index (κ2) is 9.92.